The molecule has 0 spiro atoms. The molecular weight excluding hydrogens is 387 g/mol. The van der Waals surface area contributed by atoms with Crippen LogP contribution in [0.2, 0.25) is 0 Å². The fourth-order valence-electron chi connectivity index (χ4n) is 3.80. The van der Waals surface area contributed by atoms with Gasteiger partial charge in [-0.25, -0.2) is 9.78 Å². The van der Waals surface area contributed by atoms with Gasteiger partial charge < -0.3 is 4.74 Å². The number of aryl methyl sites for hydroxylation is 1. The van der Waals surface area contributed by atoms with Gasteiger partial charge in [-0.2, -0.15) is 13.2 Å². The van der Waals surface area contributed by atoms with Crippen LogP contribution in [0.3, 0.4) is 0 Å². The van der Waals surface area contributed by atoms with Crippen LogP contribution in [-0.4, -0.2) is 18.1 Å². The van der Waals surface area contributed by atoms with E-state index in [9.17, 15) is 18.0 Å². The van der Waals surface area contributed by atoms with Crippen LogP contribution >= 0.6 is 11.3 Å². The minimum atomic E-state index is -4.38. The van der Waals surface area contributed by atoms with E-state index in [2.05, 4.69) is 9.72 Å². The summed E-state index contributed by atoms with van der Waals surface area (Å²) in [4.78, 5) is 15.8. The van der Waals surface area contributed by atoms with Crippen molar-refractivity contribution in [3.63, 3.8) is 0 Å². The molecule has 3 nitrogen and oxygen atoms in total. The van der Waals surface area contributed by atoms with Crippen molar-refractivity contribution in [1.29, 1.82) is 0 Å². The molecule has 1 aliphatic carbocycles. The molecule has 2 aromatic rings. The van der Waals surface area contributed by atoms with E-state index in [-0.39, 0.29) is 12.1 Å². The summed E-state index contributed by atoms with van der Waals surface area (Å²) < 4.78 is 44.2. The molecule has 0 N–H and O–H groups in total. The van der Waals surface area contributed by atoms with Gasteiger partial charge in [-0.15, -0.1) is 11.3 Å². The Kier molecular flexibility index (Phi) is 6.75. The summed E-state index contributed by atoms with van der Waals surface area (Å²) in [5, 5.41) is 2.19. The number of alkyl halides is 3. The first kappa shape index (κ1) is 20.8. The van der Waals surface area contributed by atoms with Crippen LogP contribution in [0, 0.1) is 5.92 Å². The molecule has 152 valence electrons. The van der Waals surface area contributed by atoms with E-state index in [1.807, 2.05) is 0 Å². The third kappa shape index (κ3) is 5.34. The maximum Gasteiger partial charge on any atom is 0.416 e. The first-order chi connectivity index (χ1) is 13.4. The number of methoxy groups -OCH3 is 1. The molecule has 0 saturated heterocycles. The molecule has 28 heavy (non-hydrogen) atoms. The van der Waals surface area contributed by atoms with E-state index in [1.165, 1.54) is 62.7 Å². The van der Waals surface area contributed by atoms with Crippen molar-refractivity contribution in [2.75, 3.05) is 7.11 Å². The van der Waals surface area contributed by atoms with Crippen molar-refractivity contribution < 1.29 is 22.7 Å². The maximum absolute atomic E-state index is 13.2. The molecule has 0 bridgehead atoms. The van der Waals surface area contributed by atoms with Gasteiger partial charge in [0.25, 0.3) is 0 Å². The van der Waals surface area contributed by atoms with Gasteiger partial charge in [0.2, 0.25) is 0 Å². The number of carbonyl (C=O) groups excluding carboxylic acids is 1. The Balaban J connectivity index is 1.80. The second-order valence-corrected chi connectivity index (χ2v) is 8.26. The molecule has 1 heterocycles. The van der Waals surface area contributed by atoms with Crippen molar-refractivity contribution in [2.24, 2.45) is 5.92 Å². The van der Waals surface area contributed by atoms with Crippen molar-refractivity contribution in [3.8, 4) is 0 Å². The fourth-order valence-corrected chi connectivity index (χ4v) is 4.59. The molecular formula is C21H24F3NO2S. The summed E-state index contributed by atoms with van der Waals surface area (Å²) >= 11 is 1.26. The van der Waals surface area contributed by atoms with Gasteiger partial charge in [0.1, 0.15) is 0 Å². The third-order valence-electron chi connectivity index (χ3n) is 5.37. The Morgan fingerprint density at radius 1 is 1.21 bits per heavy atom. The zero-order valence-corrected chi connectivity index (χ0v) is 16.7. The molecule has 0 radical (unpaired) electrons. The van der Waals surface area contributed by atoms with Crippen LogP contribution in [0.25, 0.3) is 0 Å². The number of halogens is 3. The molecule has 0 aliphatic heterocycles. The lowest BCUT2D eigenvalue weighted by Gasteiger charge is -2.22. The molecule has 7 heteroatoms. The highest BCUT2D eigenvalue weighted by Crippen LogP contribution is 2.33. The predicted molar refractivity (Wildman–Crippen MR) is 103 cm³/mol. The lowest BCUT2D eigenvalue weighted by Crippen LogP contribution is -2.10. The Hall–Kier alpha value is -1.89. The van der Waals surface area contributed by atoms with Crippen LogP contribution in [0.15, 0.2) is 23.6 Å². The van der Waals surface area contributed by atoms with Gasteiger partial charge in [-0.05, 0) is 42.0 Å². The molecule has 0 amide bonds. The Morgan fingerprint density at radius 2 is 1.96 bits per heavy atom. The molecule has 1 saturated carbocycles. The van der Waals surface area contributed by atoms with Gasteiger partial charge >= 0.3 is 12.1 Å². The average Bonchev–Trinajstić information content (AvgIpc) is 3.15. The quantitative estimate of drug-likeness (QED) is 0.543. The standard InChI is InChI=1S/C21H24F3NO2S/c1-27-20(26)18-13-28-19(25-18)12-16-11-17(21(22,23)24)10-9-15(16)8-7-14-5-3-2-4-6-14/h9-11,13-14H,2-8,12H2,1H3. The number of nitrogens with zero attached hydrogens (tertiary/aromatic N) is 1. The summed E-state index contributed by atoms with van der Waals surface area (Å²) in [6.07, 6.45) is 3.89. The molecule has 1 aromatic carbocycles. The maximum atomic E-state index is 13.2. The van der Waals surface area contributed by atoms with Crippen molar-refractivity contribution in [1.82, 2.24) is 4.98 Å². The lowest BCUT2D eigenvalue weighted by molar-refractivity contribution is -0.137. The highest BCUT2D eigenvalue weighted by molar-refractivity contribution is 7.09. The van der Waals surface area contributed by atoms with Crippen molar-refractivity contribution in [2.45, 2.75) is 57.5 Å². The smallest absolute Gasteiger partial charge is 0.416 e. The molecule has 1 aliphatic rings. The minimum Gasteiger partial charge on any atom is -0.464 e. The summed E-state index contributed by atoms with van der Waals surface area (Å²) in [6.45, 7) is 0. The number of thiazole rings is 1. The molecule has 0 unspecified atom stereocenters. The zero-order chi connectivity index (χ0) is 20.1. The Labute approximate surface area is 166 Å². The summed E-state index contributed by atoms with van der Waals surface area (Å²) in [7, 11) is 1.28. The van der Waals surface area contributed by atoms with E-state index in [0.29, 0.717) is 16.5 Å². The third-order valence-corrected chi connectivity index (χ3v) is 6.22. The van der Waals surface area contributed by atoms with Crippen LogP contribution in [0.1, 0.15) is 70.7 Å². The fraction of sp³-hybridized carbons (Fsp3) is 0.524. The summed E-state index contributed by atoms with van der Waals surface area (Å²) in [5.41, 5.74) is 1.12. The molecule has 1 fully saturated rings. The van der Waals surface area contributed by atoms with Gasteiger partial charge in [-0.3, -0.25) is 0 Å². The van der Waals surface area contributed by atoms with Crippen LogP contribution in [-0.2, 0) is 23.8 Å². The van der Waals surface area contributed by atoms with Gasteiger partial charge in [-0.1, -0.05) is 38.2 Å². The number of benzene rings is 1. The number of hydrogen-bond donors (Lipinski definition) is 0. The first-order valence-electron chi connectivity index (χ1n) is 9.58. The number of aromatic nitrogens is 1. The average molecular weight is 411 g/mol. The Bertz CT molecular complexity index is 810. The summed E-state index contributed by atoms with van der Waals surface area (Å²) in [5.74, 6) is 0.124. The number of ether oxygens (including phenoxy) is 1. The number of rotatable bonds is 6. The van der Waals surface area contributed by atoms with Gasteiger partial charge in [0, 0.05) is 11.8 Å². The van der Waals surface area contributed by atoms with E-state index >= 15 is 0 Å². The SMILES string of the molecule is COC(=O)c1csc(Cc2cc(C(F)(F)F)ccc2CCC2CCCCC2)n1. The van der Waals surface area contributed by atoms with E-state index in [0.717, 1.165) is 18.4 Å². The minimum absolute atomic E-state index is 0.193. The van der Waals surface area contributed by atoms with Crippen molar-refractivity contribution in [3.05, 3.63) is 51.0 Å². The van der Waals surface area contributed by atoms with E-state index < -0.39 is 17.7 Å². The topological polar surface area (TPSA) is 39.2 Å². The lowest BCUT2D eigenvalue weighted by atomic mass is 9.84. The molecule has 1 aromatic heterocycles. The molecule has 0 atom stereocenters. The Morgan fingerprint density at radius 3 is 2.64 bits per heavy atom. The highest BCUT2D eigenvalue weighted by atomic mass is 32.1. The van der Waals surface area contributed by atoms with Crippen molar-refractivity contribution >= 4 is 17.3 Å². The first-order valence-corrected chi connectivity index (χ1v) is 10.5. The normalized spacial score (nSPS) is 15.6. The molecule has 3 rings (SSSR count). The number of hydrogen-bond acceptors (Lipinski definition) is 4. The predicted octanol–water partition coefficient (Wildman–Crippen LogP) is 6.05. The largest absolute Gasteiger partial charge is 0.464 e. The summed E-state index contributed by atoms with van der Waals surface area (Å²) in [6, 6.07) is 4.01. The van der Waals surface area contributed by atoms with E-state index in [1.54, 1.807) is 11.4 Å². The second-order valence-electron chi connectivity index (χ2n) is 7.32. The highest BCUT2D eigenvalue weighted by Gasteiger charge is 2.31. The number of carbonyl (C=O) groups is 1. The van der Waals surface area contributed by atoms with Crippen LogP contribution in [0.4, 0.5) is 13.2 Å². The van der Waals surface area contributed by atoms with Gasteiger partial charge in [0.15, 0.2) is 5.69 Å². The zero-order valence-electron chi connectivity index (χ0n) is 15.8. The van der Waals surface area contributed by atoms with E-state index in [4.69, 9.17) is 0 Å². The van der Waals surface area contributed by atoms with Crippen LogP contribution < -0.4 is 0 Å². The van der Waals surface area contributed by atoms with Gasteiger partial charge in [0.05, 0.1) is 17.7 Å². The van der Waals surface area contributed by atoms with Crippen LogP contribution in [0.5, 0.6) is 0 Å². The second kappa shape index (κ2) is 9.07. The monoisotopic (exact) mass is 411 g/mol. The number of esters is 1.